The van der Waals surface area contributed by atoms with Crippen LogP contribution in [0.1, 0.15) is 86.0 Å². The number of urea groups is 1. The molecule has 0 saturated carbocycles. The summed E-state index contributed by atoms with van der Waals surface area (Å²) in [5, 5.41) is 115. The molecule has 0 aromatic heterocycles. The van der Waals surface area contributed by atoms with Crippen molar-refractivity contribution in [3.8, 4) is 0 Å². The van der Waals surface area contributed by atoms with Gasteiger partial charge >= 0.3 is 12.0 Å². The Hall–Kier alpha value is -3.64. The number of hydrogen-bond acceptors (Lipinski definition) is 17. The van der Waals surface area contributed by atoms with E-state index in [9.17, 15) is 60.7 Å². The minimum atomic E-state index is -2.23. The van der Waals surface area contributed by atoms with Crippen molar-refractivity contribution in [3.63, 3.8) is 0 Å². The minimum absolute atomic E-state index is 0.0898. The number of cyclic esters (lactones) is 1. The molecule has 0 aliphatic carbocycles. The van der Waals surface area contributed by atoms with Crippen molar-refractivity contribution in [1.82, 2.24) is 10.6 Å². The number of nitrogens with one attached hydrogen (secondary N) is 2. The summed E-state index contributed by atoms with van der Waals surface area (Å²) >= 11 is 0. The number of esters is 1. The van der Waals surface area contributed by atoms with Gasteiger partial charge in [-0.05, 0) is 40.0 Å². The lowest BCUT2D eigenvalue weighted by Gasteiger charge is -2.46. The summed E-state index contributed by atoms with van der Waals surface area (Å²) in [6.07, 6.45) is 5.21. The van der Waals surface area contributed by atoms with E-state index < -0.39 is 147 Å². The fraction of sp³-hybridized carbons (Fsp3) is 0.673. The number of hydrogen-bond donors (Lipinski definition) is 13. The molecule has 19 heteroatoms. The molecule has 68 heavy (non-hydrogen) atoms. The van der Waals surface area contributed by atoms with Crippen molar-refractivity contribution in [1.29, 1.82) is 0 Å². The lowest BCUT2D eigenvalue weighted by atomic mass is 9.87. The average molecular weight is 966 g/mol. The molecule has 2 fully saturated rings. The molecule has 3 aliphatic heterocycles. The number of nitrogens with two attached hydrogens (primary N) is 1. The molecule has 0 radical (unpaired) electrons. The number of aliphatic hydroxyl groups excluding tert-OH is 9. The molecule has 2 amide bonds. The number of rotatable bonds is 4. The maximum atomic E-state index is 12.8. The van der Waals surface area contributed by atoms with E-state index in [0.29, 0.717) is 0 Å². The zero-order valence-electron chi connectivity index (χ0n) is 39.8. The third-order valence-corrected chi connectivity index (χ3v) is 12.4. The first kappa shape index (κ1) is 58.7. The van der Waals surface area contributed by atoms with Gasteiger partial charge in [-0.15, -0.1) is 0 Å². The van der Waals surface area contributed by atoms with Gasteiger partial charge in [-0.25, -0.2) is 4.79 Å². The molecule has 2 saturated heterocycles. The second-order valence-corrected chi connectivity index (χ2v) is 18.2. The van der Waals surface area contributed by atoms with Gasteiger partial charge in [0.1, 0.15) is 12.2 Å². The predicted octanol–water partition coefficient (Wildman–Crippen LogP) is 0.699. The second kappa shape index (κ2) is 29.5. The molecule has 2 bridgehead atoms. The molecule has 3 rings (SSSR count). The SMILES string of the molecule is CCNC(=O)N[C@H]1[C@@H]2CC(OC3O[C@H](C)[C@@H](O)[C@H](N)[C@@H]3O)/C=C/C=C/C=C/C=C/C=C/C=C/C=C/[C@H](C)[C@@H](O)[C@@H](C)[C@H](C)OC(=O)C[C@H](O)C[C@H](O)CC[C@@H](O)[C@H](O)C[C@H](O)C[C@](O)(C[C@@H]1O)O2. The lowest BCUT2D eigenvalue weighted by molar-refractivity contribution is -0.303. The Balaban J connectivity index is 1.90. The molecular formula is C49H79N3O16. The van der Waals surface area contributed by atoms with E-state index in [0.717, 1.165) is 0 Å². The number of allylic oxidation sites excluding steroid dienone is 12. The quantitative estimate of drug-likeness (QED) is 0.173. The van der Waals surface area contributed by atoms with E-state index in [1.54, 1.807) is 70.2 Å². The van der Waals surface area contributed by atoms with Gasteiger partial charge in [0.25, 0.3) is 0 Å². The summed E-state index contributed by atoms with van der Waals surface area (Å²) in [6.45, 7) is 8.75. The fourth-order valence-electron chi connectivity index (χ4n) is 8.20. The number of aliphatic hydroxyl groups is 10. The maximum absolute atomic E-state index is 12.8. The first-order chi connectivity index (χ1) is 32.1. The van der Waals surface area contributed by atoms with Gasteiger partial charge in [0, 0.05) is 44.1 Å². The Morgan fingerprint density at radius 1 is 0.706 bits per heavy atom. The number of carbonyl (C=O) groups is 2. The van der Waals surface area contributed by atoms with E-state index in [4.69, 9.17) is 24.7 Å². The molecule has 19 nitrogen and oxygen atoms in total. The fourth-order valence-corrected chi connectivity index (χ4v) is 8.20. The van der Waals surface area contributed by atoms with Crippen LogP contribution in [0.25, 0.3) is 0 Å². The van der Waals surface area contributed by atoms with E-state index in [2.05, 4.69) is 10.6 Å². The number of fused-ring (bicyclic) bond motifs is 2. The minimum Gasteiger partial charge on any atom is -0.462 e. The molecule has 386 valence electrons. The van der Waals surface area contributed by atoms with Crippen LogP contribution in [-0.2, 0) is 23.7 Å². The molecular weight excluding hydrogens is 887 g/mol. The molecule has 19 atom stereocenters. The summed E-state index contributed by atoms with van der Waals surface area (Å²) in [5.41, 5.74) is 6.08. The zero-order valence-corrected chi connectivity index (χ0v) is 39.8. The smallest absolute Gasteiger partial charge is 0.315 e. The van der Waals surface area contributed by atoms with Crippen LogP contribution in [0.15, 0.2) is 85.1 Å². The molecule has 0 spiro atoms. The van der Waals surface area contributed by atoms with Crippen molar-refractivity contribution in [3.05, 3.63) is 85.1 Å². The summed E-state index contributed by atoms with van der Waals surface area (Å²) in [7, 11) is 0. The summed E-state index contributed by atoms with van der Waals surface area (Å²) in [4.78, 5) is 25.4. The third-order valence-electron chi connectivity index (χ3n) is 12.4. The Morgan fingerprint density at radius 3 is 1.90 bits per heavy atom. The Morgan fingerprint density at radius 2 is 1.29 bits per heavy atom. The van der Waals surface area contributed by atoms with Crippen LogP contribution in [0.5, 0.6) is 0 Å². The summed E-state index contributed by atoms with van der Waals surface area (Å²) < 4.78 is 23.6. The van der Waals surface area contributed by atoms with Crippen LogP contribution in [0.3, 0.4) is 0 Å². The van der Waals surface area contributed by atoms with Gasteiger partial charge in [-0.2, -0.15) is 0 Å². The summed E-state index contributed by atoms with van der Waals surface area (Å²) in [5.74, 6) is -3.68. The molecule has 0 aromatic carbocycles. The van der Waals surface area contributed by atoms with Crippen molar-refractivity contribution in [2.45, 2.75) is 189 Å². The van der Waals surface area contributed by atoms with Crippen molar-refractivity contribution in [2.75, 3.05) is 6.54 Å². The van der Waals surface area contributed by atoms with Crippen molar-refractivity contribution in [2.24, 2.45) is 17.6 Å². The average Bonchev–Trinajstić information content (AvgIpc) is 3.26. The van der Waals surface area contributed by atoms with E-state index in [1.807, 2.05) is 49.5 Å². The van der Waals surface area contributed by atoms with Crippen molar-refractivity contribution < 1.29 is 79.6 Å². The summed E-state index contributed by atoms with van der Waals surface area (Å²) in [6, 6.07) is -2.89. The highest BCUT2D eigenvalue weighted by molar-refractivity contribution is 5.74. The standard InChI is InChI=1S/C49H79N3O16/c1-6-51-48(63)52-43-39(58)28-49(64)27-35(55)24-38(57)37(56)22-21-33(53)23-34(54)25-41(59)65-31(4)30(3)44(60)29(2)19-17-15-13-11-9-7-8-10-12-14-16-18-20-36(26-40(43)68-49)67-47-46(62)42(50)45(61)32(5)66-47/h7-20,29-40,42-47,53-58,60-62,64H,6,21-28,50H2,1-5H3,(H2,51,52,63)/b8-7+,11-9+,12-10+,15-13+,16-14+,19-17+,20-18+/t29-,30-,31-,32+,33+,34+,35-,36?,37+,38+,39-,40-,42-,43+,44+,45+,46-,47?,49+/m0/s1. The third kappa shape index (κ3) is 20.0. The molecule has 3 aliphatic rings. The van der Waals surface area contributed by atoms with Gasteiger partial charge in [0.05, 0.1) is 85.6 Å². The van der Waals surface area contributed by atoms with Crippen LogP contribution in [-0.4, -0.2) is 173 Å². The van der Waals surface area contributed by atoms with Gasteiger partial charge in [0.15, 0.2) is 12.1 Å². The number of ether oxygens (including phenoxy) is 4. The maximum Gasteiger partial charge on any atom is 0.315 e. The van der Waals surface area contributed by atoms with E-state index in [-0.39, 0.29) is 38.1 Å². The van der Waals surface area contributed by atoms with Crippen LogP contribution >= 0.6 is 0 Å². The van der Waals surface area contributed by atoms with Crippen LogP contribution in [0, 0.1) is 11.8 Å². The highest BCUT2D eigenvalue weighted by atomic mass is 16.7. The van der Waals surface area contributed by atoms with E-state index >= 15 is 0 Å². The van der Waals surface area contributed by atoms with Gasteiger partial charge in [-0.1, -0.05) is 98.9 Å². The highest BCUT2D eigenvalue weighted by Crippen LogP contribution is 2.35. The first-order valence-electron chi connectivity index (χ1n) is 23.7. The van der Waals surface area contributed by atoms with Crippen molar-refractivity contribution >= 4 is 12.0 Å². The molecule has 2 unspecified atom stereocenters. The zero-order chi connectivity index (χ0) is 50.6. The van der Waals surface area contributed by atoms with E-state index in [1.165, 1.54) is 0 Å². The molecule has 3 heterocycles. The Labute approximate surface area is 400 Å². The normalized spacial score (nSPS) is 43.9. The Bertz CT molecular complexity index is 1730. The molecule has 0 aromatic rings. The topological polar surface area (TPSA) is 323 Å². The Kier molecular flexibility index (Phi) is 25.5. The first-order valence-corrected chi connectivity index (χ1v) is 23.7. The second-order valence-electron chi connectivity index (χ2n) is 18.2. The van der Waals surface area contributed by atoms with Crippen LogP contribution in [0.4, 0.5) is 4.79 Å². The van der Waals surface area contributed by atoms with Crippen LogP contribution < -0.4 is 16.4 Å². The van der Waals surface area contributed by atoms with Gasteiger partial charge in [-0.3, -0.25) is 4.79 Å². The van der Waals surface area contributed by atoms with Gasteiger partial charge in [0.2, 0.25) is 0 Å². The number of carbonyl (C=O) groups excluding carboxylic acids is 2. The monoisotopic (exact) mass is 966 g/mol. The van der Waals surface area contributed by atoms with Gasteiger partial charge < -0.3 is 86.4 Å². The highest BCUT2D eigenvalue weighted by Gasteiger charge is 2.49. The predicted molar refractivity (Wildman–Crippen MR) is 252 cm³/mol. The largest absolute Gasteiger partial charge is 0.462 e. The lowest BCUT2D eigenvalue weighted by Crippen LogP contribution is -2.63. The number of amides is 2. The van der Waals surface area contributed by atoms with Crippen LogP contribution in [0.2, 0.25) is 0 Å². The molecule has 14 N–H and O–H groups in total.